The van der Waals surface area contributed by atoms with Gasteiger partial charge in [-0.3, -0.25) is 4.79 Å². The number of ether oxygens (including phenoxy) is 1. The number of carbonyl (C=O) groups is 1. The molecule has 2 rings (SSSR count). The summed E-state index contributed by atoms with van der Waals surface area (Å²) in [7, 11) is 1.74. The van der Waals surface area contributed by atoms with Gasteiger partial charge >= 0.3 is 0 Å². The van der Waals surface area contributed by atoms with Crippen LogP contribution in [-0.4, -0.2) is 38.8 Å². The summed E-state index contributed by atoms with van der Waals surface area (Å²) in [6.45, 7) is 4.37. The minimum atomic E-state index is 0.0525. The number of rotatable bonds is 5. The van der Waals surface area contributed by atoms with Gasteiger partial charge in [-0.2, -0.15) is 0 Å². The third kappa shape index (κ3) is 2.90. The summed E-state index contributed by atoms with van der Waals surface area (Å²) in [5, 5.41) is 1.15. The van der Waals surface area contributed by atoms with E-state index in [1.165, 1.54) is 11.3 Å². The van der Waals surface area contributed by atoms with Crippen LogP contribution in [0.25, 0.3) is 0 Å². The second-order valence-corrected chi connectivity index (χ2v) is 6.61. The van der Waals surface area contributed by atoms with Gasteiger partial charge in [0.1, 0.15) is 5.00 Å². The third-order valence-corrected chi connectivity index (χ3v) is 5.70. The second-order valence-electron chi connectivity index (χ2n) is 4.80. The molecule has 0 saturated carbocycles. The summed E-state index contributed by atoms with van der Waals surface area (Å²) in [5.41, 5.74) is 6.74. The van der Waals surface area contributed by atoms with Gasteiger partial charge in [-0.1, -0.05) is 0 Å². The topological polar surface area (TPSA) is 55.6 Å². The fourth-order valence-electron chi connectivity index (χ4n) is 2.47. The first-order valence-electron chi connectivity index (χ1n) is 6.29. The van der Waals surface area contributed by atoms with E-state index in [-0.39, 0.29) is 5.78 Å². The van der Waals surface area contributed by atoms with Crippen molar-refractivity contribution in [3.05, 3.63) is 4.88 Å². The molecular weight excluding hydrogens is 280 g/mol. The molecular formula is C13H20N2O2S2. The van der Waals surface area contributed by atoms with Crippen LogP contribution in [0, 0.1) is 5.92 Å². The Kier molecular flexibility index (Phi) is 4.76. The molecule has 1 aliphatic heterocycles. The van der Waals surface area contributed by atoms with E-state index in [1.54, 1.807) is 25.8 Å². The van der Waals surface area contributed by atoms with Crippen LogP contribution in [-0.2, 0) is 4.74 Å². The highest BCUT2D eigenvalue weighted by molar-refractivity contribution is 7.99. The van der Waals surface area contributed by atoms with Crippen molar-refractivity contribution >= 4 is 39.6 Å². The van der Waals surface area contributed by atoms with Crippen LogP contribution in [0.1, 0.15) is 23.0 Å². The maximum Gasteiger partial charge on any atom is 0.171 e. The minimum absolute atomic E-state index is 0.0525. The minimum Gasteiger partial charge on any atom is -0.396 e. The van der Waals surface area contributed by atoms with Gasteiger partial charge in [0.15, 0.2) is 5.78 Å². The van der Waals surface area contributed by atoms with E-state index in [0.717, 1.165) is 36.0 Å². The normalized spacial score (nSPS) is 19.1. The number of ketones is 1. The molecule has 0 bridgehead atoms. The molecule has 4 nitrogen and oxygen atoms in total. The molecule has 1 aromatic rings. The average molecular weight is 300 g/mol. The van der Waals surface area contributed by atoms with Crippen molar-refractivity contribution in [1.29, 1.82) is 0 Å². The quantitative estimate of drug-likeness (QED) is 0.669. The number of hydrogen-bond acceptors (Lipinski definition) is 6. The molecule has 106 valence electrons. The van der Waals surface area contributed by atoms with Gasteiger partial charge in [-0.25, -0.2) is 0 Å². The molecule has 19 heavy (non-hydrogen) atoms. The highest BCUT2D eigenvalue weighted by Crippen LogP contribution is 2.45. The molecule has 6 heteroatoms. The molecule has 0 amide bonds. The number of thioether (sulfide) groups is 1. The molecule has 1 aliphatic rings. The molecule has 1 aromatic heterocycles. The number of nitrogens with two attached hydrogens (primary N) is 1. The Balaban J connectivity index is 2.25. The molecule has 0 aliphatic carbocycles. The molecule has 0 aromatic carbocycles. The van der Waals surface area contributed by atoms with Gasteiger partial charge in [0.25, 0.3) is 0 Å². The van der Waals surface area contributed by atoms with Crippen molar-refractivity contribution in [2.45, 2.75) is 18.2 Å². The van der Waals surface area contributed by atoms with Gasteiger partial charge in [-0.05, 0) is 12.7 Å². The van der Waals surface area contributed by atoms with Crippen molar-refractivity contribution in [3.8, 4) is 0 Å². The Morgan fingerprint density at radius 1 is 1.63 bits per heavy atom. The van der Waals surface area contributed by atoms with Gasteiger partial charge in [0, 0.05) is 33.0 Å². The van der Waals surface area contributed by atoms with Crippen molar-refractivity contribution < 1.29 is 9.53 Å². The van der Waals surface area contributed by atoms with E-state index < -0.39 is 0 Å². The zero-order valence-electron chi connectivity index (χ0n) is 11.6. The Morgan fingerprint density at radius 3 is 2.95 bits per heavy atom. The maximum absolute atomic E-state index is 11.6. The van der Waals surface area contributed by atoms with E-state index in [2.05, 4.69) is 4.90 Å². The number of methoxy groups -OCH3 is 1. The molecule has 0 spiro atoms. The van der Waals surface area contributed by atoms with Crippen molar-refractivity contribution in [1.82, 2.24) is 0 Å². The molecule has 1 unspecified atom stereocenters. The van der Waals surface area contributed by atoms with Gasteiger partial charge in [0.05, 0.1) is 22.1 Å². The Labute approximate surface area is 122 Å². The lowest BCUT2D eigenvalue weighted by Gasteiger charge is -2.18. The summed E-state index contributed by atoms with van der Waals surface area (Å²) < 4.78 is 5.23. The van der Waals surface area contributed by atoms with Gasteiger partial charge in [0.2, 0.25) is 0 Å². The van der Waals surface area contributed by atoms with Crippen LogP contribution in [0.3, 0.4) is 0 Å². The van der Waals surface area contributed by atoms with Crippen LogP contribution in [0.4, 0.5) is 10.7 Å². The number of thiophene rings is 1. The lowest BCUT2D eigenvalue weighted by atomic mass is 10.1. The largest absolute Gasteiger partial charge is 0.396 e. The number of hydrogen-bond donors (Lipinski definition) is 1. The van der Waals surface area contributed by atoms with Crippen molar-refractivity contribution in [3.63, 3.8) is 0 Å². The molecule has 1 fully saturated rings. The van der Waals surface area contributed by atoms with Crippen LogP contribution in [0.2, 0.25) is 0 Å². The van der Waals surface area contributed by atoms with Crippen LogP contribution in [0.15, 0.2) is 4.90 Å². The monoisotopic (exact) mass is 300 g/mol. The predicted octanol–water partition coefficient (Wildman–Crippen LogP) is 2.73. The Bertz CT molecular complexity index is 473. The SMILES string of the molecule is COCC1CCN(c2sc(C(C)=O)c(N)c2SC)C1. The number of nitrogens with zero attached hydrogens (tertiary/aromatic N) is 1. The lowest BCUT2D eigenvalue weighted by molar-refractivity contribution is 0.102. The Hall–Kier alpha value is -0.720. The van der Waals surface area contributed by atoms with E-state index in [9.17, 15) is 4.79 Å². The summed E-state index contributed by atoms with van der Waals surface area (Å²) in [4.78, 5) is 15.7. The summed E-state index contributed by atoms with van der Waals surface area (Å²) in [5.74, 6) is 0.625. The first-order valence-corrected chi connectivity index (χ1v) is 8.33. The summed E-state index contributed by atoms with van der Waals surface area (Å²) in [6.07, 6.45) is 3.14. The predicted molar refractivity (Wildman–Crippen MR) is 82.7 cm³/mol. The molecule has 1 saturated heterocycles. The number of nitrogen functional groups attached to an aromatic ring is 1. The van der Waals surface area contributed by atoms with E-state index in [4.69, 9.17) is 10.5 Å². The molecule has 0 radical (unpaired) electrons. The lowest BCUT2D eigenvalue weighted by Crippen LogP contribution is -2.20. The number of carbonyl (C=O) groups excluding carboxylic acids is 1. The van der Waals surface area contributed by atoms with E-state index in [0.29, 0.717) is 16.5 Å². The summed E-state index contributed by atoms with van der Waals surface area (Å²) in [6, 6.07) is 0. The molecule has 1 atom stereocenters. The van der Waals surface area contributed by atoms with E-state index in [1.807, 2.05) is 6.26 Å². The van der Waals surface area contributed by atoms with Crippen molar-refractivity contribution in [2.75, 3.05) is 43.7 Å². The average Bonchev–Trinajstić information content (AvgIpc) is 2.93. The van der Waals surface area contributed by atoms with Crippen LogP contribution in [0.5, 0.6) is 0 Å². The summed E-state index contributed by atoms with van der Waals surface area (Å²) >= 11 is 3.15. The third-order valence-electron chi connectivity index (χ3n) is 3.38. The number of anilines is 2. The fourth-order valence-corrected chi connectivity index (χ4v) is 4.58. The van der Waals surface area contributed by atoms with E-state index >= 15 is 0 Å². The van der Waals surface area contributed by atoms with Crippen LogP contribution >= 0.6 is 23.1 Å². The Morgan fingerprint density at radius 2 is 2.37 bits per heavy atom. The van der Waals surface area contributed by atoms with Crippen molar-refractivity contribution in [2.24, 2.45) is 5.92 Å². The zero-order chi connectivity index (χ0) is 14.0. The first kappa shape index (κ1) is 14.7. The van der Waals surface area contributed by atoms with Gasteiger partial charge in [-0.15, -0.1) is 23.1 Å². The standard InChI is InChI=1S/C13H20N2O2S2/c1-8(16)11-10(14)12(18-3)13(19-11)15-5-4-9(6-15)7-17-2/h9H,4-7,14H2,1-3H3. The van der Waals surface area contributed by atoms with Gasteiger partial charge < -0.3 is 15.4 Å². The number of Topliss-reactive ketones (excluding diaryl/α,β-unsaturated/α-hetero) is 1. The molecule has 2 N–H and O–H groups in total. The fraction of sp³-hybridized carbons (Fsp3) is 0.615. The maximum atomic E-state index is 11.6. The smallest absolute Gasteiger partial charge is 0.171 e. The highest BCUT2D eigenvalue weighted by Gasteiger charge is 2.28. The zero-order valence-corrected chi connectivity index (χ0v) is 13.2. The first-order chi connectivity index (χ1) is 9.08. The molecule has 2 heterocycles. The van der Waals surface area contributed by atoms with Crippen LogP contribution < -0.4 is 10.6 Å². The highest BCUT2D eigenvalue weighted by atomic mass is 32.2. The second kappa shape index (κ2) is 6.15.